The lowest BCUT2D eigenvalue weighted by atomic mass is 10.2. The van der Waals surface area contributed by atoms with E-state index in [-0.39, 0.29) is 10.9 Å². The van der Waals surface area contributed by atoms with E-state index in [4.69, 9.17) is 5.73 Å². The van der Waals surface area contributed by atoms with Gasteiger partial charge in [0.15, 0.2) is 0 Å². The van der Waals surface area contributed by atoms with E-state index < -0.39 is 10.0 Å². The summed E-state index contributed by atoms with van der Waals surface area (Å²) in [5, 5.41) is 6.06. The Morgan fingerprint density at radius 3 is 2.93 bits per heavy atom. The maximum atomic E-state index is 11.7. The van der Waals surface area contributed by atoms with E-state index >= 15 is 0 Å². The van der Waals surface area contributed by atoms with E-state index in [1.54, 1.807) is 0 Å². The van der Waals surface area contributed by atoms with Crippen LogP contribution in [0.4, 0.5) is 0 Å². The van der Waals surface area contributed by atoms with Gasteiger partial charge in [0.2, 0.25) is 10.0 Å². The van der Waals surface area contributed by atoms with Gasteiger partial charge in [-0.15, -0.1) is 0 Å². The molecule has 0 saturated carbocycles. The van der Waals surface area contributed by atoms with Crippen LogP contribution in [0, 0.1) is 0 Å². The molecule has 0 spiro atoms. The molecule has 0 aliphatic rings. The Kier molecular flexibility index (Phi) is 4.25. The van der Waals surface area contributed by atoms with Crippen LogP contribution in [0.5, 0.6) is 0 Å². The second kappa shape index (κ2) is 5.24. The summed E-state index contributed by atoms with van der Waals surface area (Å²) in [7, 11) is -3.43. The lowest BCUT2D eigenvalue weighted by Gasteiger charge is -2.12. The van der Waals surface area contributed by atoms with Crippen LogP contribution in [-0.2, 0) is 10.0 Å². The third-order valence-corrected chi connectivity index (χ3v) is 3.54. The Morgan fingerprint density at radius 2 is 2.40 bits per heavy atom. The van der Waals surface area contributed by atoms with Gasteiger partial charge in [0.05, 0.1) is 6.20 Å². The first kappa shape index (κ1) is 12.2. The Balaban J connectivity index is 2.57. The van der Waals surface area contributed by atoms with Crippen LogP contribution in [-0.4, -0.2) is 31.2 Å². The van der Waals surface area contributed by atoms with Crippen LogP contribution in [0.3, 0.4) is 0 Å². The largest absolute Gasteiger partial charge is 0.330 e. The minimum Gasteiger partial charge on any atom is -0.330 e. The predicted octanol–water partition coefficient (Wildman–Crippen LogP) is -0.185. The molecule has 0 radical (unpaired) electrons. The lowest BCUT2D eigenvalue weighted by Crippen LogP contribution is -2.32. The fraction of sp³-hybridized carbons (Fsp3) is 0.625. The van der Waals surface area contributed by atoms with Gasteiger partial charge in [-0.1, -0.05) is 0 Å². The number of sulfonamides is 1. The van der Waals surface area contributed by atoms with Crippen molar-refractivity contribution < 1.29 is 8.42 Å². The van der Waals surface area contributed by atoms with Gasteiger partial charge in [0, 0.05) is 12.2 Å². The number of hydrogen-bond acceptors (Lipinski definition) is 4. The highest BCUT2D eigenvalue weighted by Crippen LogP contribution is 2.07. The van der Waals surface area contributed by atoms with E-state index in [1.165, 1.54) is 12.4 Å². The van der Waals surface area contributed by atoms with Crippen molar-refractivity contribution >= 4 is 10.0 Å². The Bertz CT molecular complexity index is 373. The van der Waals surface area contributed by atoms with E-state index in [0.717, 1.165) is 12.8 Å². The first-order valence-electron chi connectivity index (χ1n) is 4.77. The lowest BCUT2D eigenvalue weighted by molar-refractivity contribution is 0.539. The summed E-state index contributed by atoms with van der Waals surface area (Å²) in [6.07, 6.45) is 4.15. The zero-order valence-electron chi connectivity index (χ0n) is 8.60. The minimum atomic E-state index is -3.43. The van der Waals surface area contributed by atoms with Crippen molar-refractivity contribution in [2.75, 3.05) is 6.54 Å². The van der Waals surface area contributed by atoms with Gasteiger partial charge in [0.1, 0.15) is 4.90 Å². The predicted molar refractivity (Wildman–Crippen MR) is 56.7 cm³/mol. The Morgan fingerprint density at radius 1 is 1.67 bits per heavy atom. The minimum absolute atomic E-state index is 0.117. The number of H-pyrrole nitrogens is 1. The molecule has 0 amide bonds. The molecule has 0 aromatic carbocycles. The van der Waals surface area contributed by atoms with Gasteiger partial charge < -0.3 is 5.73 Å². The number of aromatic amines is 1. The highest BCUT2D eigenvalue weighted by atomic mass is 32.2. The maximum absolute atomic E-state index is 11.7. The van der Waals surface area contributed by atoms with E-state index in [1.807, 2.05) is 6.92 Å². The summed E-state index contributed by atoms with van der Waals surface area (Å²) >= 11 is 0. The quantitative estimate of drug-likeness (QED) is 0.633. The first-order chi connectivity index (χ1) is 7.06. The molecular formula is C8H16N4O2S. The van der Waals surface area contributed by atoms with Crippen LogP contribution in [0.1, 0.15) is 19.8 Å². The normalized spacial score (nSPS) is 14.0. The fourth-order valence-corrected chi connectivity index (χ4v) is 2.38. The molecule has 0 aliphatic heterocycles. The second-order valence-electron chi connectivity index (χ2n) is 3.39. The summed E-state index contributed by atoms with van der Waals surface area (Å²) in [4.78, 5) is 0.155. The molecule has 1 rings (SSSR count). The smallest absolute Gasteiger partial charge is 0.243 e. The highest BCUT2D eigenvalue weighted by molar-refractivity contribution is 7.89. The van der Waals surface area contributed by atoms with Crippen molar-refractivity contribution in [3.63, 3.8) is 0 Å². The monoisotopic (exact) mass is 232 g/mol. The molecule has 1 atom stereocenters. The molecule has 0 aliphatic carbocycles. The summed E-state index contributed by atoms with van der Waals surface area (Å²) in [5.41, 5.74) is 5.34. The number of hydrogen-bond donors (Lipinski definition) is 3. The molecule has 1 aromatic rings. The van der Waals surface area contributed by atoms with E-state index in [9.17, 15) is 8.42 Å². The molecule has 0 fully saturated rings. The Labute approximate surface area is 89.3 Å². The summed E-state index contributed by atoms with van der Waals surface area (Å²) < 4.78 is 25.9. The van der Waals surface area contributed by atoms with Crippen molar-refractivity contribution in [3.8, 4) is 0 Å². The summed E-state index contributed by atoms with van der Waals surface area (Å²) in [6.45, 7) is 2.38. The molecule has 86 valence electrons. The van der Waals surface area contributed by atoms with Crippen LogP contribution >= 0.6 is 0 Å². The van der Waals surface area contributed by atoms with Crippen molar-refractivity contribution in [3.05, 3.63) is 12.4 Å². The molecule has 1 heterocycles. The van der Waals surface area contributed by atoms with Crippen LogP contribution < -0.4 is 10.5 Å². The third kappa shape index (κ3) is 3.61. The maximum Gasteiger partial charge on any atom is 0.243 e. The topological polar surface area (TPSA) is 101 Å². The molecule has 6 nitrogen and oxygen atoms in total. The highest BCUT2D eigenvalue weighted by Gasteiger charge is 2.17. The second-order valence-corrected chi connectivity index (χ2v) is 5.10. The first-order valence-corrected chi connectivity index (χ1v) is 6.26. The molecule has 7 heteroatoms. The third-order valence-electron chi connectivity index (χ3n) is 1.98. The summed E-state index contributed by atoms with van der Waals surface area (Å²) in [6, 6.07) is -0.117. The molecule has 0 saturated heterocycles. The van der Waals surface area contributed by atoms with Gasteiger partial charge in [-0.3, -0.25) is 5.10 Å². The van der Waals surface area contributed by atoms with Crippen molar-refractivity contribution in [2.45, 2.75) is 30.7 Å². The van der Waals surface area contributed by atoms with E-state index in [2.05, 4.69) is 14.9 Å². The Hall–Kier alpha value is -0.920. The molecule has 15 heavy (non-hydrogen) atoms. The summed E-state index contributed by atoms with van der Waals surface area (Å²) in [5.74, 6) is 0. The van der Waals surface area contributed by atoms with Gasteiger partial charge in [0.25, 0.3) is 0 Å². The van der Waals surface area contributed by atoms with Crippen LogP contribution in [0.25, 0.3) is 0 Å². The standard InChI is InChI=1S/C8H16N4O2S/c1-7(3-2-4-9)12-15(13,14)8-5-10-11-6-8/h5-7,12H,2-4,9H2,1H3,(H,10,11). The van der Waals surface area contributed by atoms with Gasteiger partial charge in [-0.2, -0.15) is 5.10 Å². The van der Waals surface area contributed by atoms with Crippen molar-refractivity contribution in [1.82, 2.24) is 14.9 Å². The van der Waals surface area contributed by atoms with Crippen molar-refractivity contribution in [2.24, 2.45) is 5.73 Å². The number of aromatic nitrogens is 2. The van der Waals surface area contributed by atoms with Gasteiger partial charge in [-0.05, 0) is 26.3 Å². The SMILES string of the molecule is CC(CCCN)NS(=O)(=O)c1cn[nH]c1. The molecule has 1 aromatic heterocycles. The molecular weight excluding hydrogens is 216 g/mol. The van der Waals surface area contributed by atoms with E-state index in [0.29, 0.717) is 6.54 Å². The number of nitrogens with zero attached hydrogens (tertiary/aromatic N) is 1. The molecule has 4 N–H and O–H groups in total. The molecule has 1 unspecified atom stereocenters. The number of nitrogens with one attached hydrogen (secondary N) is 2. The average molecular weight is 232 g/mol. The average Bonchev–Trinajstić information content (AvgIpc) is 2.67. The number of nitrogens with two attached hydrogens (primary N) is 1. The van der Waals surface area contributed by atoms with Crippen LogP contribution in [0.15, 0.2) is 17.3 Å². The van der Waals surface area contributed by atoms with Crippen molar-refractivity contribution in [1.29, 1.82) is 0 Å². The zero-order chi connectivity index (χ0) is 11.3. The number of rotatable bonds is 6. The molecule has 0 bridgehead atoms. The van der Waals surface area contributed by atoms with Crippen LogP contribution in [0.2, 0.25) is 0 Å². The zero-order valence-corrected chi connectivity index (χ0v) is 9.42. The van der Waals surface area contributed by atoms with Gasteiger partial charge in [-0.25, -0.2) is 13.1 Å². The van der Waals surface area contributed by atoms with Gasteiger partial charge >= 0.3 is 0 Å². The fourth-order valence-electron chi connectivity index (χ4n) is 1.20.